The van der Waals surface area contributed by atoms with Gasteiger partial charge in [0, 0.05) is 29.5 Å². The number of nitrogens with zero attached hydrogens (tertiary/aromatic N) is 2. The molecule has 0 spiro atoms. The molecule has 0 aliphatic heterocycles. The van der Waals surface area contributed by atoms with Gasteiger partial charge in [0.1, 0.15) is 0 Å². The van der Waals surface area contributed by atoms with E-state index < -0.39 is 0 Å². The van der Waals surface area contributed by atoms with Crippen molar-refractivity contribution in [3.8, 4) is 0 Å². The lowest BCUT2D eigenvalue weighted by molar-refractivity contribution is 0.0921. The maximum Gasteiger partial charge on any atom is 0.254 e. The van der Waals surface area contributed by atoms with Gasteiger partial charge in [-0.1, -0.05) is 17.7 Å². The van der Waals surface area contributed by atoms with Crippen molar-refractivity contribution >= 4 is 23.5 Å². The first-order valence-corrected chi connectivity index (χ1v) is 8.20. The zero-order chi connectivity index (χ0) is 17.1. The van der Waals surface area contributed by atoms with Crippen LogP contribution >= 0.6 is 11.6 Å². The number of fused-ring (bicyclic) bond motifs is 1. The van der Waals surface area contributed by atoms with Crippen molar-refractivity contribution < 1.29 is 9.90 Å². The minimum Gasteiger partial charge on any atom is -0.394 e. The highest BCUT2D eigenvalue weighted by atomic mass is 35.5. The normalized spacial score (nSPS) is 17.2. The molecule has 24 heavy (non-hydrogen) atoms. The fourth-order valence-corrected chi connectivity index (χ4v) is 2.94. The van der Waals surface area contributed by atoms with Crippen molar-refractivity contribution in [2.45, 2.75) is 31.8 Å². The molecule has 1 aliphatic rings. The summed E-state index contributed by atoms with van der Waals surface area (Å²) in [4.78, 5) is 20.3. The second-order valence-corrected chi connectivity index (χ2v) is 6.45. The van der Waals surface area contributed by atoms with E-state index in [1.807, 2.05) is 12.1 Å². The smallest absolute Gasteiger partial charge is 0.254 e. The zero-order valence-corrected chi connectivity index (χ0v) is 14.0. The lowest BCUT2D eigenvalue weighted by atomic mass is 10.1. The maximum atomic E-state index is 11.9. The van der Waals surface area contributed by atoms with Crippen LogP contribution < -0.4 is 10.6 Å². The Morgan fingerprint density at radius 3 is 2.75 bits per heavy atom. The number of carbonyl (C=O) groups is 1. The number of hydrogen-bond donors (Lipinski definition) is 3. The van der Waals surface area contributed by atoms with Gasteiger partial charge in [-0.25, -0.2) is 9.97 Å². The summed E-state index contributed by atoms with van der Waals surface area (Å²) in [6.07, 6.45) is 4.73. The highest BCUT2D eigenvalue weighted by Crippen LogP contribution is 2.26. The summed E-state index contributed by atoms with van der Waals surface area (Å²) in [5.41, 5.74) is 2.89. The largest absolute Gasteiger partial charge is 0.394 e. The predicted octanol–water partition coefficient (Wildman–Crippen LogP) is 1.82. The zero-order valence-electron chi connectivity index (χ0n) is 13.3. The molecule has 1 amide bonds. The lowest BCUT2D eigenvalue weighted by Crippen LogP contribution is -2.35. The molecule has 2 atom stereocenters. The number of halogens is 1. The summed E-state index contributed by atoms with van der Waals surface area (Å²) in [5.74, 6) is 0.191. The first kappa shape index (κ1) is 16.7. The molecule has 0 saturated heterocycles. The average molecular weight is 347 g/mol. The number of nitrogens with one attached hydrogen (secondary N) is 2. The first-order valence-electron chi connectivity index (χ1n) is 7.82. The molecule has 2 aromatic rings. The summed E-state index contributed by atoms with van der Waals surface area (Å²) < 4.78 is 0. The number of carbonyl (C=O) groups excluding carboxylic acids is 1. The molecule has 0 radical (unpaired) electrons. The standard InChI is InChI=1S/C17H19ClN4O2/c1-10(9-23)21-16(24)13-7-19-17(20-8-13)22-15-5-11-2-3-14(18)4-12(11)6-15/h2-4,7-8,10,15,23H,5-6,9H2,1H3,(H,21,24)(H,19,20,22). The number of aromatic nitrogens is 2. The van der Waals surface area contributed by atoms with Gasteiger partial charge in [-0.05, 0) is 43.0 Å². The Bertz CT molecular complexity index is 736. The molecule has 0 saturated carbocycles. The van der Waals surface area contributed by atoms with Gasteiger partial charge < -0.3 is 15.7 Å². The van der Waals surface area contributed by atoms with Crippen LogP contribution in [0.4, 0.5) is 5.95 Å². The van der Waals surface area contributed by atoms with Crippen molar-refractivity contribution in [1.29, 1.82) is 0 Å². The molecule has 3 N–H and O–H groups in total. The molecule has 0 bridgehead atoms. The van der Waals surface area contributed by atoms with Crippen LogP contribution in [0.3, 0.4) is 0 Å². The molecule has 1 aromatic heterocycles. The quantitative estimate of drug-likeness (QED) is 0.768. The molecule has 1 aromatic carbocycles. The van der Waals surface area contributed by atoms with E-state index in [0.29, 0.717) is 11.5 Å². The fourth-order valence-electron chi connectivity index (χ4n) is 2.74. The van der Waals surface area contributed by atoms with Crippen LogP contribution in [0, 0.1) is 0 Å². The van der Waals surface area contributed by atoms with E-state index in [4.69, 9.17) is 16.7 Å². The van der Waals surface area contributed by atoms with Gasteiger partial charge >= 0.3 is 0 Å². The van der Waals surface area contributed by atoms with Crippen molar-refractivity contribution in [2.24, 2.45) is 0 Å². The van der Waals surface area contributed by atoms with Gasteiger partial charge in [-0.3, -0.25) is 4.79 Å². The number of hydrogen-bond acceptors (Lipinski definition) is 5. The third-order valence-electron chi connectivity index (χ3n) is 4.00. The predicted molar refractivity (Wildman–Crippen MR) is 92.3 cm³/mol. The van der Waals surface area contributed by atoms with Crippen LogP contribution in [-0.2, 0) is 12.8 Å². The Morgan fingerprint density at radius 2 is 2.04 bits per heavy atom. The fraction of sp³-hybridized carbons (Fsp3) is 0.353. The number of benzene rings is 1. The van der Waals surface area contributed by atoms with Crippen molar-refractivity contribution in [3.05, 3.63) is 52.3 Å². The van der Waals surface area contributed by atoms with E-state index in [0.717, 1.165) is 17.9 Å². The monoisotopic (exact) mass is 346 g/mol. The molecule has 6 nitrogen and oxygen atoms in total. The average Bonchev–Trinajstić information content (AvgIpc) is 2.96. The van der Waals surface area contributed by atoms with Gasteiger partial charge in [-0.15, -0.1) is 0 Å². The molecule has 1 heterocycles. The Balaban J connectivity index is 1.60. The van der Waals surface area contributed by atoms with Gasteiger partial charge in [0.25, 0.3) is 5.91 Å². The Morgan fingerprint density at radius 1 is 1.33 bits per heavy atom. The van der Waals surface area contributed by atoms with Crippen molar-refractivity contribution in [3.63, 3.8) is 0 Å². The SMILES string of the molecule is CC(CO)NC(=O)c1cnc(NC2Cc3ccc(Cl)cc3C2)nc1. The Kier molecular flexibility index (Phi) is 4.97. The molecule has 126 valence electrons. The van der Waals surface area contributed by atoms with Gasteiger partial charge in [0.05, 0.1) is 12.2 Å². The maximum absolute atomic E-state index is 11.9. The molecular formula is C17H19ClN4O2. The van der Waals surface area contributed by atoms with E-state index in [9.17, 15) is 4.79 Å². The summed E-state index contributed by atoms with van der Waals surface area (Å²) >= 11 is 6.03. The molecule has 7 heteroatoms. The van der Waals surface area contributed by atoms with Crippen LogP contribution in [0.5, 0.6) is 0 Å². The molecule has 1 aliphatic carbocycles. The molecule has 2 unspecified atom stereocenters. The Labute approximate surface area is 145 Å². The van der Waals surface area contributed by atoms with Crippen molar-refractivity contribution in [1.82, 2.24) is 15.3 Å². The number of amides is 1. The highest BCUT2D eigenvalue weighted by Gasteiger charge is 2.22. The van der Waals surface area contributed by atoms with Gasteiger partial charge in [-0.2, -0.15) is 0 Å². The van der Waals surface area contributed by atoms with Crippen LogP contribution in [0.1, 0.15) is 28.4 Å². The van der Waals surface area contributed by atoms with Gasteiger partial charge in [0.15, 0.2) is 0 Å². The minimum atomic E-state index is -0.306. The first-order chi connectivity index (χ1) is 11.5. The third-order valence-corrected chi connectivity index (χ3v) is 4.23. The van der Waals surface area contributed by atoms with E-state index in [2.05, 4.69) is 26.7 Å². The minimum absolute atomic E-state index is 0.113. The summed E-state index contributed by atoms with van der Waals surface area (Å²) in [6.45, 7) is 1.61. The molecule has 3 rings (SSSR count). The van der Waals surface area contributed by atoms with E-state index in [1.54, 1.807) is 6.92 Å². The Hall–Kier alpha value is -2.18. The van der Waals surface area contributed by atoms with E-state index in [1.165, 1.54) is 23.5 Å². The molecular weight excluding hydrogens is 328 g/mol. The summed E-state index contributed by atoms with van der Waals surface area (Å²) in [7, 11) is 0. The summed E-state index contributed by atoms with van der Waals surface area (Å²) in [6, 6.07) is 5.86. The number of aliphatic hydroxyl groups is 1. The van der Waals surface area contributed by atoms with Crippen molar-refractivity contribution in [2.75, 3.05) is 11.9 Å². The van der Waals surface area contributed by atoms with Crippen LogP contribution in [0.15, 0.2) is 30.6 Å². The number of anilines is 1. The van der Waals surface area contributed by atoms with Crippen LogP contribution in [-0.4, -0.2) is 39.7 Å². The number of aliphatic hydroxyl groups excluding tert-OH is 1. The van der Waals surface area contributed by atoms with Crippen LogP contribution in [0.2, 0.25) is 5.02 Å². The second kappa shape index (κ2) is 7.15. The van der Waals surface area contributed by atoms with E-state index >= 15 is 0 Å². The highest BCUT2D eigenvalue weighted by molar-refractivity contribution is 6.30. The molecule has 0 fully saturated rings. The second-order valence-electron chi connectivity index (χ2n) is 6.01. The third kappa shape index (κ3) is 3.83. The lowest BCUT2D eigenvalue weighted by Gasteiger charge is -2.13. The van der Waals surface area contributed by atoms with E-state index in [-0.39, 0.29) is 24.6 Å². The topological polar surface area (TPSA) is 87.1 Å². The van der Waals surface area contributed by atoms with Crippen LogP contribution in [0.25, 0.3) is 0 Å². The summed E-state index contributed by atoms with van der Waals surface area (Å²) in [5, 5.41) is 15.7. The van der Waals surface area contributed by atoms with Gasteiger partial charge in [0.2, 0.25) is 5.95 Å². The number of rotatable bonds is 5.